The molecule has 0 amide bonds. The summed E-state index contributed by atoms with van der Waals surface area (Å²) in [6, 6.07) is 65.7. The molecule has 0 N–H and O–H groups in total. The van der Waals surface area contributed by atoms with Crippen LogP contribution in [0, 0.1) is 0 Å². The molecule has 13 rings (SSSR count). The SMILES string of the molecule is c1ccc(-c2c(-c3ccccc3)n3c4c(c5ccccc5cc24)B2c4c-3cccc4-n3c4ccc5ccccc5c4c4c5ccccc5cc2c43)cc1. The number of benzene rings is 9. The summed E-state index contributed by atoms with van der Waals surface area (Å²) in [6.45, 7) is 0.0413. The quantitative estimate of drug-likeness (QED) is 0.162. The molecule has 9 aromatic carbocycles. The van der Waals surface area contributed by atoms with E-state index in [0.717, 1.165) is 0 Å². The largest absolute Gasteiger partial charge is 0.310 e. The molecule has 0 bridgehead atoms. The maximum atomic E-state index is 2.62. The van der Waals surface area contributed by atoms with Crippen molar-refractivity contribution in [3.05, 3.63) is 176 Å². The van der Waals surface area contributed by atoms with Crippen LogP contribution >= 0.6 is 0 Å². The van der Waals surface area contributed by atoms with Crippen molar-refractivity contribution in [3.8, 4) is 33.8 Å². The molecule has 11 aromatic rings. The van der Waals surface area contributed by atoms with Gasteiger partial charge in [-0.3, -0.25) is 0 Å². The Balaban J connectivity index is 1.31. The third kappa shape index (κ3) is 3.41. The smallest absolute Gasteiger partial charge is 0.253 e. The Hall–Kier alpha value is -6.84. The first-order valence-corrected chi connectivity index (χ1v) is 18.6. The Labute approximate surface area is 305 Å². The van der Waals surface area contributed by atoms with Crippen molar-refractivity contribution in [2.45, 2.75) is 0 Å². The summed E-state index contributed by atoms with van der Waals surface area (Å²) < 4.78 is 5.22. The highest BCUT2D eigenvalue weighted by Crippen LogP contribution is 2.47. The van der Waals surface area contributed by atoms with Gasteiger partial charge in [0, 0.05) is 33.1 Å². The van der Waals surface area contributed by atoms with Gasteiger partial charge in [0.25, 0.3) is 6.71 Å². The van der Waals surface area contributed by atoms with E-state index in [4.69, 9.17) is 0 Å². The molecule has 2 aromatic heterocycles. The lowest BCUT2D eigenvalue weighted by molar-refractivity contribution is 1.12. The van der Waals surface area contributed by atoms with E-state index in [0.29, 0.717) is 0 Å². The molecule has 4 heterocycles. The van der Waals surface area contributed by atoms with Gasteiger partial charge in [-0.05, 0) is 84.1 Å². The zero-order chi connectivity index (χ0) is 34.4. The molecule has 0 saturated carbocycles. The number of fused-ring (bicyclic) bond motifs is 13. The first-order chi connectivity index (χ1) is 26.3. The summed E-state index contributed by atoms with van der Waals surface area (Å²) in [6.07, 6.45) is 0. The predicted octanol–water partition coefficient (Wildman–Crippen LogP) is 10.7. The fraction of sp³-hybridized carbons (Fsp3) is 0. The third-order valence-electron chi connectivity index (χ3n) is 12.2. The summed E-state index contributed by atoms with van der Waals surface area (Å²) in [7, 11) is 0. The third-order valence-corrected chi connectivity index (χ3v) is 12.2. The second-order valence-electron chi connectivity index (χ2n) is 14.8. The maximum absolute atomic E-state index is 2.62. The number of hydrogen-bond acceptors (Lipinski definition) is 0. The predicted molar refractivity (Wildman–Crippen MR) is 226 cm³/mol. The van der Waals surface area contributed by atoms with Crippen LogP contribution in [0.15, 0.2) is 176 Å². The van der Waals surface area contributed by atoms with E-state index in [1.54, 1.807) is 0 Å². The van der Waals surface area contributed by atoms with Crippen LogP contribution in [0.4, 0.5) is 0 Å². The monoisotopic (exact) mass is 668 g/mol. The number of rotatable bonds is 2. The van der Waals surface area contributed by atoms with Gasteiger partial charge in [-0.15, -0.1) is 0 Å². The van der Waals surface area contributed by atoms with Crippen LogP contribution in [-0.4, -0.2) is 15.8 Å². The standard InChI is InChI=1S/C50H29BN2/c1-3-15-31(16-4-1)43-38-28-33-19-9-12-23-37(33)46-49(38)53(48(43)32-17-5-2-6-18-32)42-25-13-24-41-47(42)51(46)39-29-34-20-8-11-22-36(34)45-44-35-21-10-7-14-30(35)26-27-40(44)52(41)50(39)45/h1-29H. The Morgan fingerprint density at radius 3 is 1.74 bits per heavy atom. The highest BCUT2D eigenvalue weighted by Gasteiger charge is 2.43. The molecule has 0 aliphatic carbocycles. The fourth-order valence-electron chi connectivity index (χ4n) is 10.3. The van der Waals surface area contributed by atoms with Gasteiger partial charge >= 0.3 is 0 Å². The summed E-state index contributed by atoms with van der Waals surface area (Å²) in [4.78, 5) is 0. The average molecular weight is 669 g/mol. The molecule has 242 valence electrons. The second-order valence-corrected chi connectivity index (χ2v) is 14.8. The molecule has 0 spiro atoms. The van der Waals surface area contributed by atoms with Gasteiger partial charge in [0.05, 0.1) is 22.2 Å². The average Bonchev–Trinajstić information content (AvgIpc) is 3.76. The molecule has 0 fully saturated rings. The van der Waals surface area contributed by atoms with Crippen LogP contribution in [-0.2, 0) is 0 Å². The Morgan fingerprint density at radius 1 is 0.377 bits per heavy atom. The van der Waals surface area contributed by atoms with E-state index in [9.17, 15) is 0 Å². The van der Waals surface area contributed by atoms with Crippen molar-refractivity contribution in [2.75, 3.05) is 0 Å². The summed E-state index contributed by atoms with van der Waals surface area (Å²) in [5.41, 5.74) is 15.6. The summed E-state index contributed by atoms with van der Waals surface area (Å²) in [5.74, 6) is 0. The van der Waals surface area contributed by atoms with Crippen molar-refractivity contribution < 1.29 is 0 Å². The topological polar surface area (TPSA) is 9.86 Å². The molecular formula is C50H29BN2. The van der Waals surface area contributed by atoms with Crippen molar-refractivity contribution in [1.82, 2.24) is 9.13 Å². The van der Waals surface area contributed by atoms with E-state index in [-0.39, 0.29) is 6.71 Å². The molecule has 2 aliphatic heterocycles. The van der Waals surface area contributed by atoms with E-state index in [2.05, 4.69) is 185 Å². The van der Waals surface area contributed by atoms with Crippen LogP contribution in [0.25, 0.3) is 98.8 Å². The van der Waals surface area contributed by atoms with Crippen molar-refractivity contribution >= 4 is 88.1 Å². The Bertz CT molecular complexity index is 3390. The van der Waals surface area contributed by atoms with E-state index < -0.39 is 0 Å². The first kappa shape index (κ1) is 27.8. The minimum Gasteiger partial charge on any atom is -0.310 e. The normalized spacial score (nSPS) is 12.9. The molecule has 3 heteroatoms. The second kappa shape index (κ2) is 9.94. The van der Waals surface area contributed by atoms with Crippen LogP contribution in [0.5, 0.6) is 0 Å². The lowest BCUT2D eigenvalue weighted by Gasteiger charge is -2.34. The van der Waals surface area contributed by atoms with E-state index in [1.807, 2.05) is 0 Å². The lowest BCUT2D eigenvalue weighted by Crippen LogP contribution is -2.59. The molecule has 0 atom stereocenters. The van der Waals surface area contributed by atoms with E-state index in [1.165, 1.54) is 115 Å². The van der Waals surface area contributed by atoms with Gasteiger partial charge in [-0.2, -0.15) is 0 Å². The summed E-state index contributed by atoms with van der Waals surface area (Å²) >= 11 is 0. The van der Waals surface area contributed by atoms with Gasteiger partial charge in [0.15, 0.2) is 0 Å². The number of hydrogen-bond donors (Lipinski definition) is 0. The van der Waals surface area contributed by atoms with Crippen molar-refractivity contribution in [3.63, 3.8) is 0 Å². The van der Waals surface area contributed by atoms with E-state index >= 15 is 0 Å². The Morgan fingerprint density at radius 2 is 0.981 bits per heavy atom. The molecule has 0 radical (unpaired) electrons. The van der Waals surface area contributed by atoms with Crippen LogP contribution in [0.1, 0.15) is 0 Å². The molecular weight excluding hydrogens is 639 g/mol. The van der Waals surface area contributed by atoms with Crippen LogP contribution in [0.2, 0.25) is 0 Å². The molecule has 53 heavy (non-hydrogen) atoms. The Kier molecular flexibility index (Phi) is 5.22. The maximum Gasteiger partial charge on any atom is 0.253 e. The molecule has 0 unspecified atom stereocenters. The minimum atomic E-state index is 0.0413. The number of nitrogens with zero attached hydrogens (tertiary/aromatic N) is 2. The molecule has 0 saturated heterocycles. The molecule has 2 nitrogen and oxygen atoms in total. The highest BCUT2D eigenvalue weighted by atomic mass is 15.0. The first-order valence-electron chi connectivity index (χ1n) is 18.6. The lowest BCUT2D eigenvalue weighted by atomic mass is 9.33. The zero-order valence-corrected chi connectivity index (χ0v) is 28.7. The van der Waals surface area contributed by atoms with Gasteiger partial charge in [0.2, 0.25) is 0 Å². The number of aromatic nitrogens is 2. The fourth-order valence-corrected chi connectivity index (χ4v) is 10.3. The van der Waals surface area contributed by atoms with Gasteiger partial charge in [-0.25, -0.2) is 0 Å². The van der Waals surface area contributed by atoms with Crippen LogP contribution < -0.4 is 16.4 Å². The van der Waals surface area contributed by atoms with Crippen molar-refractivity contribution in [1.29, 1.82) is 0 Å². The highest BCUT2D eigenvalue weighted by molar-refractivity contribution is 7.01. The van der Waals surface area contributed by atoms with Gasteiger partial charge in [-0.1, -0.05) is 152 Å². The minimum absolute atomic E-state index is 0.0413. The van der Waals surface area contributed by atoms with Gasteiger partial charge < -0.3 is 9.13 Å². The zero-order valence-electron chi connectivity index (χ0n) is 28.7. The van der Waals surface area contributed by atoms with Crippen molar-refractivity contribution in [2.24, 2.45) is 0 Å². The van der Waals surface area contributed by atoms with Gasteiger partial charge in [0.1, 0.15) is 0 Å². The summed E-state index contributed by atoms with van der Waals surface area (Å²) in [5, 5.41) is 11.8. The molecule has 2 aliphatic rings. The van der Waals surface area contributed by atoms with Crippen LogP contribution in [0.3, 0.4) is 0 Å².